The highest BCUT2D eigenvalue weighted by atomic mass is 19.4. The lowest BCUT2D eigenvalue weighted by Crippen LogP contribution is -2.18. The van der Waals surface area contributed by atoms with Gasteiger partial charge in [0.25, 0.3) is 0 Å². The molecule has 0 amide bonds. The first kappa shape index (κ1) is 10.1. The van der Waals surface area contributed by atoms with Crippen LogP contribution in [0.2, 0.25) is 0 Å². The van der Waals surface area contributed by atoms with Gasteiger partial charge in [-0.25, -0.2) is 0 Å². The number of nitrogen functional groups attached to an aromatic ring is 1. The van der Waals surface area contributed by atoms with Crippen LogP contribution in [-0.2, 0) is 0 Å². The molecule has 0 radical (unpaired) electrons. The minimum Gasteiger partial charge on any atom is -0.404 e. The Morgan fingerprint density at radius 3 is 2.40 bits per heavy atom. The number of nitrogens with two attached hydrogens (primary N) is 1. The maximum absolute atomic E-state index is 11.9. The molecule has 1 saturated carbocycles. The van der Waals surface area contributed by atoms with Gasteiger partial charge in [0.1, 0.15) is 0 Å². The van der Waals surface area contributed by atoms with E-state index in [9.17, 15) is 13.2 Å². The molecule has 0 heterocycles. The Bertz CT molecular complexity index is 371. The van der Waals surface area contributed by atoms with Crippen molar-refractivity contribution in [2.75, 3.05) is 5.73 Å². The molecule has 0 aromatic heterocycles. The fourth-order valence-electron chi connectivity index (χ4n) is 1.46. The highest BCUT2D eigenvalue weighted by Gasteiger charge is 2.32. The summed E-state index contributed by atoms with van der Waals surface area (Å²) in [5.41, 5.74) is 6.50. The second kappa shape index (κ2) is 3.32. The first-order valence-corrected chi connectivity index (χ1v) is 4.61. The van der Waals surface area contributed by atoms with E-state index in [1.807, 2.05) is 0 Å². The molecule has 2 nitrogen and oxygen atoms in total. The zero-order valence-electron chi connectivity index (χ0n) is 7.84. The van der Waals surface area contributed by atoms with Gasteiger partial charge in [-0.3, -0.25) is 0 Å². The first-order valence-electron chi connectivity index (χ1n) is 4.61. The molecule has 1 aromatic rings. The van der Waals surface area contributed by atoms with Crippen LogP contribution in [0.4, 0.5) is 18.9 Å². The minimum atomic E-state index is -4.69. The Kier molecular flexibility index (Phi) is 2.25. The van der Waals surface area contributed by atoms with Crippen LogP contribution in [0.3, 0.4) is 0 Å². The van der Waals surface area contributed by atoms with Gasteiger partial charge in [-0.15, -0.1) is 13.2 Å². The summed E-state index contributed by atoms with van der Waals surface area (Å²) < 4.78 is 39.5. The second-order valence-electron chi connectivity index (χ2n) is 3.62. The van der Waals surface area contributed by atoms with E-state index in [-0.39, 0.29) is 11.4 Å². The lowest BCUT2D eigenvalue weighted by Gasteiger charge is -2.11. The number of hydrogen-bond donors (Lipinski definition) is 1. The van der Waals surface area contributed by atoms with Crippen molar-refractivity contribution >= 4 is 5.69 Å². The predicted molar refractivity (Wildman–Crippen MR) is 49.5 cm³/mol. The maximum atomic E-state index is 11.9. The smallest absolute Gasteiger partial charge is 0.404 e. The molecular formula is C10H10F3NO. The molecule has 0 unspecified atom stereocenters. The number of alkyl halides is 3. The lowest BCUT2D eigenvalue weighted by molar-refractivity contribution is -0.274. The Labute approximate surface area is 84.8 Å². The van der Waals surface area contributed by atoms with Crippen LogP contribution in [0.1, 0.15) is 24.3 Å². The van der Waals surface area contributed by atoms with E-state index in [1.54, 1.807) is 12.1 Å². The molecule has 2 rings (SSSR count). The standard InChI is InChI=1S/C10H10F3NO/c11-10(12,13)15-9-4-3-7(5-8(9)14)6-1-2-6/h3-6H,1-2,14H2. The Balaban J connectivity index is 2.18. The van der Waals surface area contributed by atoms with Gasteiger partial charge in [-0.1, -0.05) is 6.07 Å². The second-order valence-corrected chi connectivity index (χ2v) is 3.62. The van der Waals surface area contributed by atoms with Crippen molar-refractivity contribution in [3.63, 3.8) is 0 Å². The SMILES string of the molecule is Nc1cc(C2CC2)ccc1OC(F)(F)F. The molecule has 1 fully saturated rings. The molecule has 15 heavy (non-hydrogen) atoms. The van der Waals surface area contributed by atoms with Crippen molar-refractivity contribution in [3.8, 4) is 5.75 Å². The number of benzene rings is 1. The number of anilines is 1. The van der Waals surface area contributed by atoms with Crippen LogP contribution in [0.15, 0.2) is 18.2 Å². The van der Waals surface area contributed by atoms with Gasteiger partial charge in [0.15, 0.2) is 5.75 Å². The molecule has 1 aromatic carbocycles. The highest BCUT2D eigenvalue weighted by Crippen LogP contribution is 2.42. The molecule has 0 spiro atoms. The Morgan fingerprint density at radius 1 is 1.27 bits per heavy atom. The molecular weight excluding hydrogens is 207 g/mol. The normalized spacial score (nSPS) is 16.5. The fourth-order valence-corrected chi connectivity index (χ4v) is 1.46. The Hall–Kier alpha value is -1.39. The third-order valence-electron chi connectivity index (χ3n) is 2.31. The molecule has 0 bridgehead atoms. The van der Waals surface area contributed by atoms with Gasteiger partial charge in [-0.2, -0.15) is 0 Å². The monoisotopic (exact) mass is 217 g/mol. The molecule has 1 aliphatic carbocycles. The van der Waals surface area contributed by atoms with Crippen molar-refractivity contribution in [1.29, 1.82) is 0 Å². The molecule has 5 heteroatoms. The van der Waals surface area contributed by atoms with Crippen LogP contribution >= 0.6 is 0 Å². The zero-order chi connectivity index (χ0) is 11.1. The molecule has 0 atom stereocenters. The van der Waals surface area contributed by atoms with E-state index >= 15 is 0 Å². The van der Waals surface area contributed by atoms with Crippen LogP contribution in [0, 0.1) is 0 Å². The van der Waals surface area contributed by atoms with Gasteiger partial charge in [-0.05, 0) is 36.5 Å². The van der Waals surface area contributed by atoms with Crippen LogP contribution < -0.4 is 10.5 Å². The summed E-state index contributed by atoms with van der Waals surface area (Å²) in [6, 6.07) is 4.46. The first-order chi connectivity index (χ1) is 6.96. The summed E-state index contributed by atoms with van der Waals surface area (Å²) in [4.78, 5) is 0. The van der Waals surface area contributed by atoms with E-state index in [0.717, 1.165) is 18.4 Å². The summed E-state index contributed by atoms with van der Waals surface area (Å²) in [5.74, 6) is 0.138. The van der Waals surface area contributed by atoms with Gasteiger partial charge < -0.3 is 10.5 Å². The van der Waals surface area contributed by atoms with E-state index in [1.165, 1.54) is 6.07 Å². The van der Waals surface area contributed by atoms with E-state index in [2.05, 4.69) is 4.74 Å². The van der Waals surface area contributed by atoms with Crippen LogP contribution in [0.5, 0.6) is 5.75 Å². The Morgan fingerprint density at radius 2 is 1.93 bits per heavy atom. The average Bonchev–Trinajstić information content (AvgIpc) is 2.89. The van der Waals surface area contributed by atoms with Crippen LogP contribution in [-0.4, -0.2) is 6.36 Å². The zero-order valence-corrected chi connectivity index (χ0v) is 7.84. The number of ether oxygens (including phenoxy) is 1. The molecule has 82 valence electrons. The van der Waals surface area contributed by atoms with Crippen molar-refractivity contribution in [2.45, 2.75) is 25.1 Å². The van der Waals surface area contributed by atoms with Crippen molar-refractivity contribution in [1.82, 2.24) is 0 Å². The fraction of sp³-hybridized carbons (Fsp3) is 0.400. The van der Waals surface area contributed by atoms with E-state index in [4.69, 9.17) is 5.73 Å². The predicted octanol–water partition coefficient (Wildman–Crippen LogP) is 3.04. The minimum absolute atomic E-state index is 0.0386. The van der Waals surface area contributed by atoms with Crippen LogP contribution in [0.25, 0.3) is 0 Å². The largest absolute Gasteiger partial charge is 0.573 e. The molecule has 1 aliphatic rings. The van der Waals surface area contributed by atoms with Gasteiger partial charge >= 0.3 is 6.36 Å². The van der Waals surface area contributed by atoms with Gasteiger partial charge in [0, 0.05) is 0 Å². The highest BCUT2D eigenvalue weighted by molar-refractivity contribution is 5.55. The molecule has 0 aliphatic heterocycles. The number of rotatable bonds is 2. The number of hydrogen-bond acceptors (Lipinski definition) is 2. The van der Waals surface area contributed by atoms with E-state index in [0.29, 0.717) is 5.92 Å². The van der Waals surface area contributed by atoms with Gasteiger partial charge in [0.05, 0.1) is 5.69 Å². The summed E-state index contributed by atoms with van der Waals surface area (Å²) in [7, 11) is 0. The van der Waals surface area contributed by atoms with E-state index < -0.39 is 6.36 Å². The molecule has 0 saturated heterocycles. The van der Waals surface area contributed by atoms with Gasteiger partial charge in [0.2, 0.25) is 0 Å². The maximum Gasteiger partial charge on any atom is 0.573 e. The average molecular weight is 217 g/mol. The lowest BCUT2D eigenvalue weighted by atomic mass is 10.1. The third-order valence-corrected chi connectivity index (χ3v) is 2.31. The van der Waals surface area contributed by atoms with Crippen molar-refractivity contribution in [2.24, 2.45) is 0 Å². The quantitative estimate of drug-likeness (QED) is 0.772. The van der Waals surface area contributed by atoms with Crippen molar-refractivity contribution < 1.29 is 17.9 Å². The molecule has 2 N–H and O–H groups in total. The summed E-state index contributed by atoms with van der Waals surface area (Å²) in [6.07, 6.45) is -2.52. The summed E-state index contributed by atoms with van der Waals surface area (Å²) in [6.45, 7) is 0. The summed E-state index contributed by atoms with van der Waals surface area (Å²) >= 11 is 0. The topological polar surface area (TPSA) is 35.2 Å². The summed E-state index contributed by atoms with van der Waals surface area (Å²) in [5, 5.41) is 0. The number of halogens is 3. The van der Waals surface area contributed by atoms with Crippen molar-refractivity contribution in [3.05, 3.63) is 23.8 Å². The third kappa shape index (κ3) is 2.55.